The van der Waals surface area contributed by atoms with Crippen LogP contribution >= 0.6 is 0 Å². The number of pyridine rings is 1. The van der Waals surface area contributed by atoms with E-state index in [2.05, 4.69) is 10.1 Å². The van der Waals surface area contributed by atoms with E-state index in [4.69, 9.17) is 11.0 Å². The van der Waals surface area contributed by atoms with E-state index in [1.54, 1.807) is 30.5 Å². The maximum atomic E-state index is 12.5. The predicted octanol–water partition coefficient (Wildman–Crippen LogP) is 1.20. The SMILES string of the molecule is N#Cc1ccc(-c2c[nH]n(-c3ccc(C(N)=O)cn3)c2=O)cc1. The van der Waals surface area contributed by atoms with Crippen molar-refractivity contribution in [3.63, 3.8) is 0 Å². The van der Waals surface area contributed by atoms with Gasteiger partial charge in [-0.25, -0.2) is 9.67 Å². The minimum absolute atomic E-state index is 0.265. The number of aromatic amines is 1. The number of nitrogens with zero attached hydrogens (tertiary/aromatic N) is 3. The van der Waals surface area contributed by atoms with Gasteiger partial charge in [0.2, 0.25) is 5.91 Å². The third-order valence-electron chi connectivity index (χ3n) is 3.36. The normalized spacial score (nSPS) is 10.2. The highest BCUT2D eigenvalue weighted by molar-refractivity contribution is 5.92. The highest BCUT2D eigenvalue weighted by atomic mass is 16.1. The molecular formula is C16H11N5O2. The molecule has 0 saturated carbocycles. The van der Waals surface area contributed by atoms with E-state index in [0.29, 0.717) is 22.5 Å². The van der Waals surface area contributed by atoms with E-state index in [1.165, 1.54) is 23.0 Å². The van der Waals surface area contributed by atoms with Crippen LogP contribution in [0.15, 0.2) is 53.6 Å². The molecule has 0 unspecified atom stereocenters. The largest absolute Gasteiger partial charge is 0.366 e. The van der Waals surface area contributed by atoms with Crippen molar-refractivity contribution < 1.29 is 4.79 Å². The number of nitriles is 1. The van der Waals surface area contributed by atoms with Crippen molar-refractivity contribution in [2.45, 2.75) is 0 Å². The maximum absolute atomic E-state index is 12.5. The van der Waals surface area contributed by atoms with Crippen LogP contribution in [0.3, 0.4) is 0 Å². The molecule has 0 atom stereocenters. The molecule has 0 fully saturated rings. The van der Waals surface area contributed by atoms with Crippen molar-refractivity contribution in [2.24, 2.45) is 5.73 Å². The molecule has 2 aromatic heterocycles. The van der Waals surface area contributed by atoms with Crippen molar-refractivity contribution in [1.82, 2.24) is 14.8 Å². The lowest BCUT2D eigenvalue weighted by molar-refractivity contribution is 0.1000. The van der Waals surface area contributed by atoms with Gasteiger partial charge in [-0.1, -0.05) is 12.1 Å². The highest BCUT2D eigenvalue weighted by Gasteiger charge is 2.11. The number of nitrogens with two attached hydrogens (primary N) is 1. The molecule has 0 spiro atoms. The van der Waals surface area contributed by atoms with Crippen LogP contribution in [0, 0.1) is 11.3 Å². The number of hydrogen-bond donors (Lipinski definition) is 2. The smallest absolute Gasteiger partial charge is 0.280 e. The fourth-order valence-corrected chi connectivity index (χ4v) is 2.14. The van der Waals surface area contributed by atoms with Crippen LogP contribution in [0.5, 0.6) is 0 Å². The Morgan fingerprint density at radius 2 is 1.96 bits per heavy atom. The van der Waals surface area contributed by atoms with Crippen LogP contribution in [0.1, 0.15) is 15.9 Å². The number of aromatic nitrogens is 3. The summed E-state index contributed by atoms with van der Waals surface area (Å²) in [5.41, 5.74) is 6.81. The number of amides is 1. The Morgan fingerprint density at radius 3 is 2.52 bits per heavy atom. The average molecular weight is 305 g/mol. The first-order valence-electron chi connectivity index (χ1n) is 6.67. The zero-order valence-corrected chi connectivity index (χ0v) is 11.9. The second-order valence-corrected chi connectivity index (χ2v) is 4.79. The summed E-state index contributed by atoms with van der Waals surface area (Å²) in [6.07, 6.45) is 2.87. The number of benzene rings is 1. The molecule has 3 rings (SSSR count). The monoisotopic (exact) mass is 305 g/mol. The first kappa shape index (κ1) is 14.3. The lowest BCUT2D eigenvalue weighted by atomic mass is 10.1. The van der Waals surface area contributed by atoms with Crippen molar-refractivity contribution in [2.75, 3.05) is 0 Å². The zero-order valence-electron chi connectivity index (χ0n) is 11.9. The predicted molar refractivity (Wildman–Crippen MR) is 82.9 cm³/mol. The summed E-state index contributed by atoms with van der Waals surface area (Å²) in [7, 11) is 0. The van der Waals surface area contributed by atoms with Gasteiger partial charge in [-0.2, -0.15) is 5.26 Å². The summed E-state index contributed by atoms with van der Waals surface area (Å²) in [6, 6.07) is 11.8. The maximum Gasteiger partial charge on any atom is 0.280 e. The summed E-state index contributed by atoms with van der Waals surface area (Å²) >= 11 is 0. The van der Waals surface area contributed by atoms with Crippen molar-refractivity contribution in [3.05, 3.63) is 70.3 Å². The standard InChI is InChI=1S/C16H11N5O2/c17-7-10-1-3-11(4-2-10)13-9-20-21(16(13)23)14-6-5-12(8-19-14)15(18)22/h1-6,8-9,20H,(H2,18,22). The third kappa shape index (κ3) is 2.61. The van der Waals surface area contributed by atoms with Gasteiger partial charge in [0, 0.05) is 12.4 Å². The van der Waals surface area contributed by atoms with E-state index < -0.39 is 5.91 Å². The van der Waals surface area contributed by atoms with Gasteiger partial charge in [0.05, 0.1) is 22.8 Å². The van der Waals surface area contributed by atoms with E-state index in [9.17, 15) is 9.59 Å². The van der Waals surface area contributed by atoms with Gasteiger partial charge >= 0.3 is 0 Å². The molecule has 7 heteroatoms. The molecule has 0 aliphatic carbocycles. The summed E-state index contributed by atoms with van der Waals surface area (Å²) in [5, 5.41) is 11.6. The van der Waals surface area contributed by atoms with E-state index in [0.717, 1.165) is 0 Å². The zero-order chi connectivity index (χ0) is 16.4. The van der Waals surface area contributed by atoms with Gasteiger partial charge in [-0.15, -0.1) is 0 Å². The Morgan fingerprint density at radius 1 is 1.22 bits per heavy atom. The molecule has 0 aliphatic heterocycles. The Bertz CT molecular complexity index is 959. The van der Waals surface area contributed by atoms with Crippen molar-refractivity contribution in [3.8, 4) is 23.0 Å². The molecule has 0 aliphatic rings. The van der Waals surface area contributed by atoms with Gasteiger partial charge in [0.1, 0.15) is 0 Å². The van der Waals surface area contributed by atoms with Crippen molar-refractivity contribution in [1.29, 1.82) is 5.26 Å². The first-order chi connectivity index (χ1) is 11.1. The van der Waals surface area contributed by atoms with Gasteiger partial charge < -0.3 is 5.73 Å². The molecule has 0 bridgehead atoms. The first-order valence-corrected chi connectivity index (χ1v) is 6.67. The highest BCUT2D eigenvalue weighted by Crippen LogP contribution is 2.16. The molecule has 1 aromatic carbocycles. The summed E-state index contributed by atoms with van der Waals surface area (Å²) in [6.45, 7) is 0. The molecule has 23 heavy (non-hydrogen) atoms. The van der Waals surface area contributed by atoms with Crippen LogP contribution in [0.2, 0.25) is 0 Å². The fourth-order valence-electron chi connectivity index (χ4n) is 2.14. The topological polar surface area (TPSA) is 118 Å². The second kappa shape index (κ2) is 5.61. The molecule has 0 saturated heterocycles. The Kier molecular flexibility index (Phi) is 3.49. The number of H-pyrrole nitrogens is 1. The molecule has 112 valence electrons. The Labute approximate surface area is 130 Å². The summed E-state index contributed by atoms with van der Waals surface area (Å²) < 4.78 is 1.26. The van der Waals surface area contributed by atoms with E-state index >= 15 is 0 Å². The molecule has 7 nitrogen and oxygen atoms in total. The molecule has 1 amide bonds. The quantitative estimate of drug-likeness (QED) is 0.755. The summed E-state index contributed by atoms with van der Waals surface area (Å²) in [5.74, 6) is -0.235. The van der Waals surface area contributed by atoms with E-state index in [-0.39, 0.29) is 11.1 Å². The van der Waals surface area contributed by atoms with Gasteiger partial charge in [0.25, 0.3) is 5.56 Å². The Balaban J connectivity index is 2.00. The van der Waals surface area contributed by atoms with Gasteiger partial charge in [0.15, 0.2) is 5.82 Å². The van der Waals surface area contributed by atoms with Crippen LogP contribution in [-0.2, 0) is 0 Å². The van der Waals surface area contributed by atoms with E-state index in [1.807, 2.05) is 6.07 Å². The van der Waals surface area contributed by atoms with Crippen LogP contribution in [0.25, 0.3) is 16.9 Å². The number of carbonyl (C=O) groups excluding carboxylic acids is 1. The molecule has 3 N–H and O–H groups in total. The molecule has 3 aromatic rings. The third-order valence-corrected chi connectivity index (χ3v) is 3.36. The van der Waals surface area contributed by atoms with Crippen molar-refractivity contribution >= 4 is 5.91 Å². The minimum atomic E-state index is -0.582. The molecule has 2 heterocycles. The molecule has 0 radical (unpaired) electrons. The number of carbonyl (C=O) groups is 1. The van der Waals surface area contributed by atoms with Gasteiger partial charge in [-0.05, 0) is 29.8 Å². The minimum Gasteiger partial charge on any atom is -0.366 e. The number of nitrogens with one attached hydrogen (secondary N) is 1. The molecular weight excluding hydrogens is 294 g/mol. The van der Waals surface area contributed by atoms with Gasteiger partial charge in [-0.3, -0.25) is 14.7 Å². The van der Waals surface area contributed by atoms with Crippen LogP contribution in [-0.4, -0.2) is 20.7 Å². The number of primary amides is 1. The van der Waals surface area contributed by atoms with Crippen LogP contribution in [0.4, 0.5) is 0 Å². The summed E-state index contributed by atoms with van der Waals surface area (Å²) in [4.78, 5) is 27.6. The number of rotatable bonds is 3. The second-order valence-electron chi connectivity index (χ2n) is 4.79. The van der Waals surface area contributed by atoms with Crippen LogP contribution < -0.4 is 11.3 Å². The average Bonchev–Trinajstić information content (AvgIpc) is 2.96. The fraction of sp³-hybridized carbons (Fsp3) is 0. The number of hydrogen-bond acceptors (Lipinski definition) is 4. The Hall–Kier alpha value is -3.66. The lowest BCUT2D eigenvalue weighted by Crippen LogP contribution is -2.18. The lowest BCUT2D eigenvalue weighted by Gasteiger charge is -2.01.